The lowest BCUT2D eigenvalue weighted by molar-refractivity contribution is -0.121. The average molecular weight is 276 g/mol. The summed E-state index contributed by atoms with van der Waals surface area (Å²) in [5, 5.41) is 2.94. The molecule has 0 spiro atoms. The van der Waals surface area contributed by atoms with Crippen LogP contribution in [0, 0.1) is 5.92 Å². The molecule has 0 fully saturated rings. The molecule has 3 nitrogen and oxygen atoms in total. The second-order valence-corrected chi connectivity index (χ2v) is 6.07. The minimum absolute atomic E-state index is 0.103. The molecule has 1 aromatic rings. The summed E-state index contributed by atoms with van der Waals surface area (Å²) in [6, 6.07) is 8.58. The summed E-state index contributed by atoms with van der Waals surface area (Å²) in [5.41, 5.74) is 8.09. The molecule has 1 amide bonds. The van der Waals surface area contributed by atoms with E-state index >= 15 is 0 Å². The summed E-state index contributed by atoms with van der Waals surface area (Å²) in [6.07, 6.45) is 0.526. The first-order chi connectivity index (χ1) is 9.43. The van der Waals surface area contributed by atoms with Crippen molar-refractivity contribution in [1.29, 1.82) is 0 Å². The summed E-state index contributed by atoms with van der Waals surface area (Å²) in [7, 11) is 0. The van der Waals surface area contributed by atoms with Crippen molar-refractivity contribution in [3.8, 4) is 0 Å². The number of hydrogen-bond acceptors (Lipinski definition) is 2. The van der Waals surface area contributed by atoms with Gasteiger partial charge in [-0.3, -0.25) is 4.79 Å². The van der Waals surface area contributed by atoms with Gasteiger partial charge < -0.3 is 11.1 Å². The van der Waals surface area contributed by atoms with Gasteiger partial charge in [0.25, 0.3) is 0 Å². The summed E-state index contributed by atoms with van der Waals surface area (Å²) >= 11 is 0. The van der Waals surface area contributed by atoms with Gasteiger partial charge in [0.2, 0.25) is 5.91 Å². The van der Waals surface area contributed by atoms with Crippen LogP contribution < -0.4 is 11.1 Å². The van der Waals surface area contributed by atoms with Crippen molar-refractivity contribution < 1.29 is 4.79 Å². The molecule has 0 aliphatic heterocycles. The molecule has 3 heteroatoms. The van der Waals surface area contributed by atoms with Crippen LogP contribution in [0.15, 0.2) is 24.3 Å². The monoisotopic (exact) mass is 276 g/mol. The Balaban J connectivity index is 2.49. The first-order valence-corrected chi connectivity index (χ1v) is 7.50. The Morgan fingerprint density at radius 3 is 2.15 bits per heavy atom. The van der Waals surface area contributed by atoms with Crippen LogP contribution in [-0.2, 0) is 4.79 Å². The van der Waals surface area contributed by atoms with Crippen LogP contribution >= 0.6 is 0 Å². The fraction of sp³-hybridized carbons (Fsp3) is 0.588. The first kappa shape index (κ1) is 16.7. The molecule has 0 radical (unpaired) electrons. The molecule has 112 valence electrons. The molecular weight excluding hydrogens is 248 g/mol. The third-order valence-electron chi connectivity index (χ3n) is 3.71. The highest BCUT2D eigenvalue weighted by atomic mass is 16.1. The molecule has 2 atom stereocenters. The van der Waals surface area contributed by atoms with Gasteiger partial charge in [-0.15, -0.1) is 0 Å². The summed E-state index contributed by atoms with van der Waals surface area (Å²) in [6.45, 7) is 9.76. The Morgan fingerprint density at radius 1 is 1.10 bits per heavy atom. The van der Waals surface area contributed by atoms with E-state index in [1.165, 1.54) is 11.1 Å². The topological polar surface area (TPSA) is 55.1 Å². The second kappa shape index (κ2) is 8.05. The lowest BCUT2D eigenvalue weighted by Crippen LogP contribution is -2.31. The lowest BCUT2D eigenvalue weighted by Gasteiger charge is -2.15. The zero-order chi connectivity index (χ0) is 15.1. The predicted molar refractivity (Wildman–Crippen MR) is 84.8 cm³/mol. The van der Waals surface area contributed by atoms with Crippen molar-refractivity contribution in [2.75, 3.05) is 13.1 Å². The molecule has 0 saturated heterocycles. The van der Waals surface area contributed by atoms with Crippen LogP contribution in [0.1, 0.15) is 57.1 Å². The van der Waals surface area contributed by atoms with Crippen molar-refractivity contribution in [3.05, 3.63) is 35.4 Å². The zero-order valence-electron chi connectivity index (χ0n) is 13.1. The first-order valence-electron chi connectivity index (χ1n) is 7.50. The van der Waals surface area contributed by atoms with Crippen LogP contribution in [0.2, 0.25) is 0 Å². The number of amides is 1. The molecule has 2 unspecified atom stereocenters. The normalized spacial score (nSPS) is 14.1. The molecule has 0 heterocycles. The van der Waals surface area contributed by atoms with Gasteiger partial charge in [-0.05, 0) is 35.4 Å². The van der Waals surface area contributed by atoms with Gasteiger partial charge in [0.05, 0.1) is 0 Å². The summed E-state index contributed by atoms with van der Waals surface area (Å²) < 4.78 is 0. The molecule has 0 saturated carbocycles. The Bertz CT molecular complexity index is 412. The van der Waals surface area contributed by atoms with Crippen molar-refractivity contribution in [2.24, 2.45) is 11.7 Å². The Kier molecular flexibility index (Phi) is 6.73. The maximum atomic E-state index is 11.9. The SMILES string of the molecule is CC(CN)CNC(=O)CC(C)c1ccc(C(C)C)cc1. The lowest BCUT2D eigenvalue weighted by atomic mass is 9.94. The minimum atomic E-state index is 0.103. The molecule has 0 bridgehead atoms. The molecule has 0 aliphatic carbocycles. The molecule has 0 aliphatic rings. The fourth-order valence-electron chi connectivity index (χ4n) is 2.05. The quantitative estimate of drug-likeness (QED) is 0.804. The van der Waals surface area contributed by atoms with Crippen LogP contribution in [0.25, 0.3) is 0 Å². The largest absolute Gasteiger partial charge is 0.356 e. The third-order valence-corrected chi connectivity index (χ3v) is 3.71. The molecular formula is C17H28N2O. The van der Waals surface area contributed by atoms with Crippen LogP contribution in [0.5, 0.6) is 0 Å². The number of carbonyl (C=O) groups is 1. The van der Waals surface area contributed by atoms with E-state index < -0.39 is 0 Å². The van der Waals surface area contributed by atoms with Gasteiger partial charge in [0.1, 0.15) is 0 Å². The summed E-state index contributed by atoms with van der Waals surface area (Å²) in [5.74, 6) is 1.22. The van der Waals surface area contributed by atoms with E-state index in [1.54, 1.807) is 0 Å². The van der Waals surface area contributed by atoms with Gasteiger partial charge in [-0.1, -0.05) is 52.0 Å². The number of benzene rings is 1. The van der Waals surface area contributed by atoms with E-state index in [0.29, 0.717) is 31.3 Å². The molecule has 3 N–H and O–H groups in total. The Hall–Kier alpha value is -1.35. The van der Waals surface area contributed by atoms with Gasteiger partial charge in [-0.25, -0.2) is 0 Å². The number of hydrogen-bond donors (Lipinski definition) is 2. The van der Waals surface area contributed by atoms with Crippen molar-refractivity contribution in [3.63, 3.8) is 0 Å². The van der Waals surface area contributed by atoms with E-state index in [2.05, 4.69) is 50.4 Å². The van der Waals surface area contributed by atoms with E-state index in [4.69, 9.17) is 5.73 Å². The number of nitrogens with two attached hydrogens (primary N) is 1. The van der Waals surface area contributed by atoms with Gasteiger partial charge in [0, 0.05) is 13.0 Å². The second-order valence-electron chi connectivity index (χ2n) is 6.07. The van der Waals surface area contributed by atoms with E-state index in [1.807, 2.05) is 6.92 Å². The molecule has 1 aromatic carbocycles. The Morgan fingerprint density at radius 2 is 1.65 bits per heavy atom. The minimum Gasteiger partial charge on any atom is -0.356 e. The molecule has 1 rings (SSSR count). The zero-order valence-corrected chi connectivity index (χ0v) is 13.1. The highest BCUT2D eigenvalue weighted by Crippen LogP contribution is 2.22. The fourth-order valence-corrected chi connectivity index (χ4v) is 2.05. The van der Waals surface area contributed by atoms with E-state index in [-0.39, 0.29) is 11.8 Å². The maximum Gasteiger partial charge on any atom is 0.220 e. The average Bonchev–Trinajstić information content (AvgIpc) is 2.44. The van der Waals surface area contributed by atoms with Crippen LogP contribution in [0.4, 0.5) is 0 Å². The highest BCUT2D eigenvalue weighted by molar-refractivity contribution is 5.76. The number of carbonyl (C=O) groups excluding carboxylic acids is 1. The van der Waals surface area contributed by atoms with Gasteiger partial charge in [0.15, 0.2) is 0 Å². The number of rotatable bonds is 7. The van der Waals surface area contributed by atoms with Crippen LogP contribution in [0.3, 0.4) is 0 Å². The van der Waals surface area contributed by atoms with Crippen molar-refractivity contribution >= 4 is 5.91 Å². The summed E-state index contributed by atoms with van der Waals surface area (Å²) in [4.78, 5) is 11.9. The number of nitrogens with one attached hydrogen (secondary N) is 1. The van der Waals surface area contributed by atoms with Crippen molar-refractivity contribution in [1.82, 2.24) is 5.32 Å². The third kappa shape index (κ3) is 5.33. The maximum absolute atomic E-state index is 11.9. The Labute approximate surface area is 122 Å². The smallest absolute Gasteiger partial charge is 0.220 e. The molecule has 0 aromatic heterocycles. The molecule has 20 heavy (non-hydrogen) atoms. The van der Waals surface area contributed by atoms with Gasteiger partial charge >= 0.3 is 0 Å². The van der Waals surface area contributed by atoms with Crippen molar-refractivity contribution in [2.45, 2.75) is 46.0 Å². The van der Waals surface area contributed by atoms with Gasteiger partial charge in [-0.2, -0.15) is 0 Å². The predicted octanol–water partition coefficient (Wildman–Crippen LogP) is 3.01. The highest BCUT2D eigenvalue weighted by Gasteiger charge is 2.12. The van der Waals surface area contributed by atoms with Crippen LogP contribution in [-0.4, -0.2) is 19.0 Å². The standard InChI is InChI=1S/C17H28N2O/c1-12(2)15-5-7-16(8-6-15)14(4)9-17(20)19-11-13(3)10-18/h5-8,12-14H,9-11,18H2,1-4H3,(H,19,20). The van der Waals surface area contributed by atoms with E-state index in [0.717, 1.165) is 0 Å². The van der Waals surface area contributed by atoms with E-state index in [9.17, 15) is 4.79 Å².